The molecule has 0 bridgehead atoms. The molecule has 3 aromatic rings. The van der Waals surface area contributed by atoms with Crippen molar-refractivity contribution in [2.75, 3.05) is 19.7 Å². The predicted molar refractivity (Wildman–Crippen MR) is 121 cm³/mol. The minimum Gasteiger partial charge on any atom is -0.396 e. The van der Waals surface area contributed by atoms with Gasteiger partial charge in [-0.1, -0.05) is 84.4 Å². The van der Waals surface area contributed by atoms with Crippen LogP contribution in [-0.2, 0) is 0 Å². The summed E-state index contributed by atoms with van der Waals surface area (Å²) in [7, 11) is 0. The Balaban J connectivity index is 1.74. The van der Waals surface area contributed by atoms with E-state index in [1.54, 1.807) is 0 Å². The standard InChI is InChI=1S/C27H31NO/c1-20-9-11-23(12-10-20)27(24-15-13-21(14-16-24)25-18-28-19-25)26(8-5-17-29)22-6-3-2-4-7-22/h2-4,6-7,9-16,25-29H,5,8,17-19H2,1H3/t26-,27?/m1/s1. The first-order valence-corrected chi connectivity index (χ1v) is 10.8. The van der Waals surface area contributed by atoms with Gasteiger partial charge in [-0.3, -0.25) is 0 Å². The van der Waals surface area contributed by atoms with Crippen molar-refractivity contribution in [2.45, 2.75) is 37.5 Å². The van der Waals surface area contributed by atoms with E-state index in [9.17, 15) is 5.11 Å². The quantitative estimate of drug-likeness (QED) is 0.546. The van der Waals surface area contributed by atoms with Crippen LogP contribution in [0.15, 0.2) is 78.9 Å². The first-order valence-electron chi connectivity index (χ1n) is 10.8. The average Bonchev–Trinajstić information content (AvgIpc) is 2.72. The highest BCUT2D eigenvalue weighted by Crippen LogP contribution is 2.41. The molecule has 0 radical (unpaired) electrons. The number of aliphatic hydroxyl groups excluding tert-OH is 1. The van der Waals surface area contributed by atoms with E-state index in [-0.39, 0.29) is 12.5 Å². The average molecular weight is 386 g/mol. The second-order valence-corrected chi connectivity index (χ2v) is 8.29. The van der Waals surface area contributed by atoms with E-state index in [2.05, 4.69) is 91.1 Å². The van der Waals surface area contributed by atoms with Crippen molar-refractivity contribution in [3.05, 3.63) is 107 Å². The van der Waals surface area contributed by atoms with Crippen LogP contribution < -0.4 is 5.32 Å². The molecule has 1 aliphatic heterocycles. The number of aryl methyl sites for hydroxylation is 1. The van der Waals surface area contributed by atoms with E-state index in [0.29, 0.717) is 11.8 Å². The molecule has 4 rings (SSSR count). The molecule has 0 spiro atoms. The molecule has 1 aliphatic rings. The topological polar surface area (TPSA) is 32.3 Å². The second kappa shape index (κ2) is 9.39. The predicted octanol–water partition coefficient (Wildman–Crippen LogP) is 5.37. The first kappa shape index (κ1) is 19.9. The van der Waals surface area contributed by atoms with Crippen LogP contribution >= 0.6 is 0 Å². The highest BCUT2D eigenvalue weighted by Gasteiger charge is 2.27. The number of rotatable bonds is 8. The minimum absolute atomic E-state index is 0.234. The Bertz CT molecular complexity index is 882. The molecule has 2 N–H and O–H groups in total. The molecule has 0 aliphatic carbocycles. The summed E-state index contributed by atoms with van der Waals surface area (Å²) in [6.45, 7) is 4.55. The number of aliphatic hydroxyl groups is 1. The van der Waals surface area contributed by atoms with Gasteiger partial charge in [0.15, 0.2) is 0 Å². The zero-order valence-electron chi connectivity index (χ0n) is 17.2. The van der Waals surface area contributed by atoms with Gasteiger partial charge in [0.25, 0.3) is 0 Å². The molecule has 2 heteroatoms. The van der Waals surface area contributed by atoms with Crippen molar-refractivity contribution < 1.29 is 5.11 Å². The van der Waals surface area contributed by atoms with Crippen molar-refractivity contribution in [1.82, 2.24) is 5.32 Å². The lowest BCUT2D eigenvalue weighted by Crippen LogP contribution is -2.39. The molecule has 1 unspecified atom stereocenters. The van der Waals surface area contributed by atoms with Crippen LogP contribution in [0.5, 0.6) is 0 Å². The summed E-state index contributed by atoms with van der Waals surface area (Å²) in [5.41, 5.74) is 6.77. The molecule has 1 saturated heterocycles. The van der Waals surface area contributed by atoms with Crippen molar-refractivity contribution >= 4 is 0 Å². The van der Waals surface area contributed by atoms with Gasteiger partial charge in [0.2, 0.25) is 0 Å². The van der Waals surface area contributed by atoms with Crippen LogP contribution in [0.1, 0.15) is 58.4 Å². The summed E-state index contributed by atoms with van der Waals surface area (Å²) < 4.78 is 0. The van der Waals surface area contributed by atoms with Crippen molar-refractivity contribution in [3.63, 3.8) is 0 Å². The lowest BCUT2D eigenvalue weighted by Gasteiger charge is -2.31. The maximum atomic E-state index is 9.55. The molecular formula is C27H31NO. The van der Waals surface area contributed by atoms with Crippen LogP contribution in [0.4, 0.5) is 0 Å². The number of nitrogens with one attached hydrogen (secondary N) is 1. The van der Waals surface area contributed by atoms with Gasteiger partial charge in [-0.25, -0.2) is 0 Å². The monoisotopic (exact) mass is 385 g/mol. The van der Waals surface area contributed by atoms with E-state index in [0.717, 1.165) is 25.9 Å². The molecule has 3 aromatic carbocycles. The summed E-state index contributed by atoms with van der Waals surface area (Å²) >= 11 is 0. The van der Waals surface area contributed by atoms with Gasteiger partial charge in [0.1, 0.15) is 0 Å². The summed E-state index contributed by atoms with van der Waals surface area (Å²) in [6.07, 6.45) is 1.78. The number of hydrogen-bond donors (Lipinski definition) is 2. The zero-order chi connectivity index (χ0) is 20.1. The van der Waals surface area contributed by atoms with E-state index in [4.69, 9.17) is 0 Å². The van der Waals surface area contributed by atoms with Crippen LogP contribution in [-0.4, -0.2) is 24.8 Å². The maximum Gasteiger partial charge on any atom is 0.0431 e. The Hall–Kier alpha value is -2.42. The van der Waals surface area contributed by atoms with Crippen molar-refractivity contribution in [1.29, 1.82) is 0 Å². The van der Waals surface area contributed by atoms with Crippen LogP contribution in [0.2, 0.25) is 0 Å². The lowest BCUT2D eigenvalue weighted by molar-refractivity contribution is 0.277. The Morgan fingerprint density at radius 1 is 0.828 bits per heavy atom. The molecule has 0 saturated carbocycles. The maximum absolute atomic E-state index is 9.55. The van der Waals surface area contributed by atoms with Gasteiger partial charge in [-0.15, -0.1) is 0 Å². The highest BCUT2D eigenvalue weighted by molar-refractivity contribution is 5.41. The smallest absolute Gasteiger partial charge is 0.0431 e. The summed E-state index contributed by atoms with van der Waals surface area (Å²) in [5, 5.41) is 12.9. The minimum atomic E-state index is 0.234. The molecule has 1 heterocycles. The molecule has 29 heavy (non-hydrogen) atoms. The molecule has 2 nitrogen and oxygen atoms in total. The molecule has 0 aromatic heterocycles. The summed E-state index contributed by atoms with van der Waals surface area (Å²) in [5.74, 6) is 1.27. The highest BCUT2D eigenvalue weighted by atomic mass is 16.2. The zero-order valence-corrected chi connectivity index (χ0v) is 17.2. The van der Waals surface area contributed by atoms with Crippen LogP contribution in [0.3, 0.4) is 0 Å². The normalized spacial score (nSPS) is 16.2. The Labute approximate surface area is 174 Å². The van der Waals surface area contributed by atoms with Gasteiger partial charge in [-0.2, -0.15) is 0 Å². The molecule has 150 valence electrons. The van der Waals surface area contributed by atoms with Crippen molar-refractivity contribution in [2.24, 2.45) is 0 Å². The molecule has 2 atom stereocenters. The van der Waals surface area contributed by atoms with E-state index >= 15 is 0 Å². The molecule has 1 fully saturated rings. The van der Waals surface area contributed by atoms with Gasteiger partial charge in [-0.05, 0) is 47.9 Å². The fraction of sp³-hybridized carbons (Fsp3) is 0.333. The summed E-state index contributed by atoms with van der Waals surface area (Å²) in [6, 6.07) is 29.1. The fourth-order valence-electron chi connectivity index (χ4n) is 4.47. The SMILES string of the molecule is Cc1ccc(C(c2ccc(C3CNC3)cc2)[C@H](CCCO)c2ccccc2)cc1. The summed E-state index contributed by atoms with van der Waals surface area (Å²) in [4.78, 5) is 0. The molecular weight excluding hydrogens is 354 g/mol. The van der Waals surface area contributed by atoms with Gasteiger partial charge < -0.3 is 10.4 Å². The van der Waals surface area contributed by atoms with Crippen molar-refractivity contribution in [3.8, 4) is 0 Å². The van der Waals surface area contributed by atoms with Gasteiger partial charge in [0.05, 0.1) is 0 Å². The van der Waals surface area contributed by atoms with E-state index in [1.807, 2.05) is 0 Å². The lowest BCUT2D eigenvalue weighted by atomic mass is 9.74. The van der Waals surface area contributed by atoms with Crippen LogP contribution in [0, 0.1) is 6.92 Å². The third-order valence-corrected chi connectivity index (χ3v) is 6.29. The number of benzene rings is 3. The number of hydrogen-bond acceptors (Lipinski definition) is 2. The van der Waals surface area contributed by atoms with Gasteiger partial charge >= 0.3 is 0 Å². The van der Waals surface area contributed by atoms with Gasteiger partial charge in [0, 0.05) is 31.5 Å². The molecule has 0 amide bonds. The second-order valence-electron chi connectivity index (χ2n) is 8.29. The Morgan fingerprint density at radius 3 is 2.00 bits per heavy atom. The Morgan fingerprint density at radius 2 is 1.45 bits per heavy atom. The third kappa shape index (κ3) is 4.60. The van der Waals surface area contributed by atoms with Crippen LogP contribution in [0.25, 0.3) is 0 Å². The first-order chi connectivity index (χ1) is 14.3. The largest absolute Gasteiger partial charge is 0.396 e. The Kier molecular flexibility index (Phi) is 6.43. The fourth-order valence-corrected chi connectivity index (χ4v) is 4.47. The van der Waals surface area contributed by atoms with E-state index in [1.165, 1.54) is 27.8 Å². The third-order valence-electron chi connectivity index (χ3n) is 6.29. The van der Waals surface area contributed by atoms with E-state index < -0.39 is 0 Å².